The molecule has 1 aliphatic heterocycles. The smallest absolute Gasteiger partial charge is 0.228 e. The van der Waals surface area contributed by atoms with E-state index in [1.807, 2.05) is 17.0 Å². The first-order chi connectivity index (χ1) is 11.1. The number of piperazine rings is 1. The van der Waals surface area contributed by atoms with Crippen LogP contribution in [0.1, 0.15) is 5.69 Å². The molecule has 0 spiro atoms. The molecule has 2 aromatic heterocycles. The minimum atomic E-state index is -0.392. The molecule has 1 saturated heterocycles. The van der Waals surface area contributed by atoms with Gasteiger partial charge in [-0.1, -0.05) is 0 Å². The molecule has 1 fully saturated rings. The Labute approximate surface area is 142 Å². The standard InChI is InChI=1S/C16H16BrFN4O/c17-12-1-4-15(20-10-12)21-5-7-22(8-6-21)16(23)9-14-3-2-13(18)11-19-14/h1-4,10-11H,5-9H2. The fourth-order valence-corrected chi connectivity index (χ4v) is 2.75. The Morgan fingerprint density at radius 1 is 1.09 bits per heavy atom. The lowest BCUT2D eigenvalue weighted by Crippen LogP contribution is -2.49. The number of nitrogens with zero attached hydrogens (tertiary/aromatic N) is 4. The van der Waals surface area contributed by atoms with Crippen LogP contribution in [0.5, 0.6) is 0 Å². The Kier molecular flexibility index (Phi) is 4.85. The van der Waals surface area contributed by atoms with E-state index in [9.17, 15) is 9.18 Å². The van der Waals surface area contributed by atoms with Gasteiger partial charge in [-0.25, -0.2) is 9.37 Å². The van der Waals surface area contributed by atoms with Crippen molar-refractivity contribution in [3.63, 3.8) is 0 Å². The van der Waals surface area contributed by atoms with Crippen molar-refractivity contribution < 1.29 is 9.18 Å². The van der Waals surface area contributed by atoms with Gasteiger partial charge >= 0.3 is 0 Å². The lowest BCUT2D eigenvalue weighted by atomic mass is 10.2. The van der Waals surface area contributed by atoms with Gasteiger partial charge in [-0.3, -0.25) is 9.78 Å². The van der Waals surface area contributed by atoms with E-state index in [0.717, 1.165) is 29.6 Å². The SMILES string of the molecule is O=C(Cc1ccc(F)cn1)N1CCN(c2ccc(Br)cn2)CC1. The summed E-state index contributed by atoms with van der Waals surface area (Å²) in [7, 11) is 0. The number of carbonyl (C=O) groups excluding carboxylic acids is 1. The maximum atomic E-state index is 12.8. The normalized spacial score (nSPS) is 14.9. The van der Waals surface area contributed by atoms with Crippen LogP contribution in [0.3, 0.4) is 0 Å². The fourth-order valence-electron chi connectivity index (χ4n) is 2.52. The fraction of sp³-hybridized carbons (Fsp3) is 0.312. The topological polar surface area (TPSA) is 49.3 Å². The van der Waals surface area contributed by atoms with E-state index in [4.69, 9.17) is 0 Å². The van der Waals surface area contributed by atoms with E-state index in [-0.39, 0.29) is 12.3 Å². The Morgan fingerprint density at radius 3 is 2.48 bits per heavy atom. The van der Waals surface area contributed by atoms with Crippen LogP contribution in [-0.2, 0) is 11.2 Å². The molecule has 1 amide bonds. The highest BCUT2D eigenvalue weighted by Crippen LogP contribution is 2.16. The van der Waals surface area contributed by atoms with E-state index in [0.29, 0.717) is 18.8 Å². The molecular formula is C16H16BrFN4O. The first kappa shape index (κ1) is 15.9. The zero-order valence-electron chi connectivity index (χ0n) is 12.5. The summed E-state index contributed by atoms with van der Waals surface area (Å²) in [5.41, 5.74) is 0.591. The Balaban J connectivity index is 1.54. The van der Waals surface area contributed by atoms with Crippen molar-refractivity contribution in [3.05, 3.63) is 52.6 Å². The summed E-state index contributed by atoms with van der Waals surface area (Å²) in [6, 6.07) is 6.80. The molecule has 0 aromatic carbocycles. The molecule has 1 aliphatic rings. The van der Waals surface area contributed by atoms with Gasteiger partial charge in [-0.15, -0.1) is 0 Å². The van der Waals surface area contributed by atoms with Gasteiger partial charge in [-0.2, -0.15) is 0 Å². The summed E-state index contributed by atoms with van der Waals surface area (Å²) in [6.07, 6.45) is 3.11. The van der Waals surface area contributed by atoms with Crippen molar-refractivity contribution in [3.8, 4) is 0 Å². The van der Waals surface area contributed by atoms with Gasteiger partial charge in [0, 0.05) is 42.5 Å². The number of amides is 1. The molecule has 0 bridgehead atoms. The third-order valence-electron chi connectivity index (χ3n) is 3.79. The molecule has 23 heavy (non-hydrogen) atoms. The van der Waals surface area contributed by atoms with Crippen molar-refractivity contribution in [1.82, 2.24) is 14.9 Å². The predicted molar refractivity (Wildman–Crippen MR) is 88.6 cm³/mol. The number of pyridine rings is 2. The predicted octanol–water partition coefficient (Wildman–Crippen LogP) is 2.27. The zero-order chi connectivity index (χ0) is 16.2. The molecule has 120 valence electrons. The van der Waals surface area contributed by atoms with Crippen molar-refractivity contribution >= 4 is 27.7 Å². The Hall–Kier alpha value is -2.02. The highest BCUT2D eigenvalue weighted by atomic mass is 79.9. The largest absolute Gasteiger partial charge is 0.353 e. The minimum absolute atomic E-state index is 0.0209. The molecule has 0 unspecified atom stereocenters. The first-order valence-corrected chi connectivity index (χ1v) is 8.16. The van der Waals surface area contributed by atoms with Gasteiger partial charge in [0.25, 0.3) is 0 Å². The summed E-state index contributed by atoms with van der Waals surface area (Å²) in [4.78, 5) is 24.6. The average Bonchev–Trinajstić information content (AvgIpc) is 2.58. The molecule has 0 N–H and O–H groups in total. The van der Waals surface area contributed by atoms with Crippen molar-refractivity contribution in [1.29, 1.82) is 0 Å². The van der Waals surface area contributed by atoms with E-state index in [1.54, 1.807) is 12.3 Å². The van der Waals surface area contributed by atoms with Crippen LogP contribution in [0.15, 0.2) is 41.1 Å². The first-order valence-electron chi connectivity index (χ1n) is 7.36. The number of rotatable bonds is 3. The van der Waals surface area contributed by atoms with Gasteiger partial charge in [0.2, 0.25) is 5.91 Å². The lowest BCUT2D eigenvalue weighted by Gasteiger charge is -2.35. The van der Waals surface area contributed by atoms with Crippen LogP contribution in [0, 0.1) is 5.82 Å². The molecule has 0 aliphatic carbocycles. The van der Waals surface area contributed by atoms with Crippen LogP contribution in [0.2, 0.25) is 0 Å². The van der Waals surface area contributed by atoms with Crippen molar-refractivity contribution in [2.75, 3.05) is 31.1 Å². The highest BCUT2D eigenvalue weighted by Gasteiger charge is 2.22. The molecule has 0 radical (unpaired) electrons. The van der Waals surface area contributed by atoms with Crippen LogP contribution >= 0.6 is 15.9 Å². The molecule has 0 saturated carbocycles. The van der Waals surface area contributed by atoms with Crippen LogP contribution in [-0.4, -0.2) is 47.0 Å². The number of carbonyl (C=O) groups is 1. The third-order valence-corrected chi connectivity index (χ3v) is 4.26. The second kappa shape index (κ2) is 7.04. The van der Waals surface area contributed by atoms with Crippen molar-refractivity contribution in [2.45, 2.75) is 6.42 Å². The quantitative estimate of drug-likeness (QED) is 0.821. The second-order valence-corrected chi connectivity index (χ2v) is 6.26. The second-order valence-electron chi connectivity index (χ2n) is 5.35. The number of anilines is 1. The van der Waals surface area contributed by atoms with E-state index < -0.39 is 5.82 Å². The van der Waals surface area contributed by atoms with Gasteiger partial charge in [0.1, 0.15) is 11.6 Å². The number of halogens is 2. The van der Waals surface area contributed by atoms with Gasteiger partial charge in [0.15, 0.2) is 0 Å². The maximum absolute atomic E-state index is 12.8. The van der Waals surface area contributed by atoms with Crippen molar-refractivity contribution in [2.24, 2.45) is 0 Å². The number of aromatic nitrogens is 2. The van der Waals surface area contributed by atoms with Crippen LogP contribution in [0.25, 0.3) is 0 Å². The van der Waals surface area contributed by atoms with Gasteiger partial charge in [0.05, 0.1) is 12.6 Å². The summed E-state index contributed by atoms with van der Waals surface area (Å²) < 4.78 is 13.8. The summed E-state index contributed by atoms with van der Waals surface area (Å²) in [5, 5.41) is 0. The molecule has 5 nitrogen and oxygen atoms in total. The number of hydrogen-bond acceptors (Lipinski definition) is 4. The summed E-state index contributed by atoms with van der Waals surface area (Å²) in [6.45, 7) is 2.80. The Morgan fingerprint density at radius 2 is 1.87 bits per heavy atom. The highest BCUT2D eigenvalue weighted by molar-refractivity contribution is 9.10. The minimum Gasteiger partial charge on any atom is -0.353 e. The lowest BCUT2D eigenvalue weighted by molar-refractivity contribution is -0.130. The average molecular weight is 379 g/mol. The monoisotopic (exact) mass is 378 g/mol. The maximum Gasteiger partial charge on any atom is 0.228 e. The number of hydrogen-bond donors (Lipinski definition) is 0. The summed E-state index contributed by atoms with van der Waals surface area (Å²) in [5.74, 6) is 0.546. The molecule has 0 atom stereocenters. The van der Waals surface area contributed by atoms with E-state index in [2.05, 4.69) is 30.8 Å². The summed E-state index contributed by atoms with van der Waals surface area (Å²) >= 11 is 3.37. The van der Waals surface area contributed by atoms with Gasteiger partial charge in [-0.05, 0) is 40.2 Å². The molecule has 2 aromatic rings. The third kappa shape index (κ3) is 4.04. The molecular weight excluding hydrogens is 363 g/mol. The molecule has 3 heterocycles. The van der Waals surface area contributed by atoms with Gasteiger partial charge < -0.3 is 9.80 Å². The van der Waals surface area contributed by atoms with E-state index >= 15 is 0 Å². The zero-order valence-corrected chi connectivity index (χ0v) is 14.0. The van der Waals surface area contributed by atoms with Crippen LogP contribution < -0.4 is 4.90 Å². The molecule has 7 heteroatoms. The molecule has 3 rings (SSSR count). The van der Waals surface area contributed by atoms with E-state index in [1.165, 1.54) is 6.07 Å². The Bertz CT molecular complexity index is 669. The van der Waals surface area contributed by atoms with Crippen LogP contribution in [0.4, 0.5) is 10.2 Å².